The van der Waals surface area contributed by atoms with Crippen LogP contribution in [0.2, 0.25) is 0 Å². The van der Waals surface area contributed by atoms with Gasteiger partial charge < -0.3 is 4.74 Å². The smallest absolute Gasteiger partial charge is 0.266 e. The van der Waals surface area contributed by atoms with Crippen molar-refractivity contribution < 1.29 is 23.9 Å². The molecule has 0 radical (unpaired) electrons. The highest BCUT2D eigenvalue weighted by molar-refractivity contribution is 6.24. The van der Waals surface area contributed by atoms with Crippen LogP contribution in [0.25, 0.3) is 0 Å². The molecule has 4 rings (SSSR count). The molecular weight excluding hydrogens is 400 g/mol. The normalized spacial score (nSPS) is 18.0. The van der Waals surface area contributed by atoms with Crippen LogP contribution in [0, 0.1) is 12.3 Å². The number of carbonyl (C=O) groups excluding carboxylic acids is 4. The molecule has 9 heteroatoms. The summed E-state index contributed by atoms with van der Waals surface area (Å²) >= 11 is 0. The number of benzene rings is 1. The van der Waals surface area contributed by atoms with Gasteiger partial charge in [0.1, 0.15) is 11.8 Å². The number of imide groups is 2. The van der Waals surface area contributed by atoms with E-state index in [9.17, 15) is 19.2 Å². The second kappa shape index (κ2) is 8.44. The number of carbonyl (C=O) groups is 4. The number of nitrogens with one attached hydrogen (secondary N) is 1. The number of terminal acetylenes is 1. The minimum atomic E-state index is -1.00. The SMILES string of the molecule is C#Cc1cnn(CCCCOc2cccc3c2C(=O)N(C2CCC(=O)NC2=O)C3=O)c1. The summed E-state index contributed by atoms with van der Waals surface area (Å²) in [5.74, 6) is 0.644. The number of fused-ring (bicyclic) bond motifs is 1. The van der Waals surface area contributed by atoms with Gasteiger partial charge in [-0.05, 0) is 31.4 Å². The topological polar surface area (TPSA) is 111 Å². The van der Waals surface area contributed by atoms with E-state index >= 15 is 0 Å². The summed E-state index contributed by atoms with van der Waals surface area (Å²) in [4.78, 5) is 50.3. The van der Waals surface area contributed by atoms with Gasteiger partial charge in [0.2, 0.25) is 11.8 Å². The summed E-state index contributed by atoms with van der Waals surface area (Å²) in [5, 5.41) is 6.35. The van der Waals surface area contributed by atoms with Gasteiger partial charge in [0, 0.05) is 19.2 Å². The van der Waals surface area contributed by atoms with Crippen molar-refractivity contribution in [1.82, 2.24) is 20.0 Å². The number of nitrogens with zero attached hydrogens (tertiary/aromatic N) is 3. The van der Waals surface area contributed by atoms with Crippen LogP contribution in [0.1, 0.15) is 52.0 Å². The highest BCUT2D eigenvalue weighted by atomic mass is 16.5. The molecule has 0 aliphatic carbocycles. The molecule has 2 aliphatic heterocycles. The van der Waals surface area contributed by atoms with Gasteiger partial charge in [-0.1, -0.05) is 12.0 Å². The van der Waals surface area contributed by atoms with Gasteiger partial charge >= 0.3 is 0 Å². The first-order valence-corrected chi connectivity index (χ1v) is 9.96. The molecule has 1 N–H and O–H groups in total. The molecule has 1 aromatic heterocycles. The second-order valence-electron chi connectivity index (χ2n) is 7.32. The maximum atomic E-state index is 13.0. The fraction of sp³-hybridized carbons (Fsp3) is 0.318. The van der Waals surface area contributed by atoms with Crippen molar-refractivity contribution in [3.63, 3.8) is 0 Å². The lowest BCUT2D eigenvalue weighted by atomic mass is 10.0. The van der Waals surface area contributed by atoms with Gasteiger partial charge in [0.05, 0.1) is 29.5 Å². The van der Waals surface area contributed by atoms with Crippen molar-refractivity contribution in [2.24, 2.45) is 0 Å². The zero-order chi connectivity index (χ0) is 22.0. The number of rotatable bonds is 7. The Bertz CT molecular complexity index is 1110. The zero-order valence-electron chi connectivity index (χ0n) is 16.7. The fourth-order valence-electron chi connectivity index (χ4n) is 3.72. The van der Waals surface area contributed by atoms with Crippen LogP contribution >= 0.6 is 0 Å². The van der Waals surface area contributed by atoms with Gasteiger partial charge in [0.25, 0.3) is 11.8 Å². The van der Waals surface area contributed by atoms with Crippen molar-refractivity contribution in [3.05, 3.63) is 47.3 Å². The van der Waals surface area contributed by atoms with Crippen LogP contribution in [0.5, 0.6) is 5.75 Å². The highest BCUT2D eigenvalue weighted by Crippen LogP contribution is 2.33. The van der Waals surface area contributed by atoms with Crippen molar-refractivity contribution in [3.8, 4) is 18.1 Å². The van der Waals surface area contributed by atoms with E-state index in [1.807, 2.05) is 0 Å². The van der Waals surface area contributed by atoms with Crippen LogP contribution in [0.3, 0.4) is 0 Å². The third-order valence-corrected chi connectivity index (χ3v) is 5.27. The van der Waals surface area contributed by atoms with Crippen molar-refractivity contribution in [2.45, 2.75) is 38.3 Å². The second-order valence-corrected chi connectivity index (χ2v) is 7.32. The molecule has 0 spiro atoms. The fourth-order valence-corrected chi connectivity index (χ4v) is 3.72. The predicted molar refractivity (Wildman–Crippen MR) is 108 cm³/mol. The molecule has 1 aromatic carbocycles. The number of unbranched alkanes of at least 4 members (excludes halogenated alkanes) is 1. The number of ether oxygens (including phenoxy) is 1. The summed E-state index contributed by atoms with van der Waals surface area (Å²) in [6.07, 6.45) is 10.4. The summed E-state index contributed by atoms with van der Waals surface area (Å²) < 4.78 is 7.55. The highest BCUT2D eigenvalue weighted by Gasteiger charge is 2.45. The van der Waals surface area contributed by atoms with E-state index in [0.29, 0.717) is 25.3 Å². The molecule has 4 amide bonds. The van der Waals surface area contributed by atoms with E-state index in [2.05, 4.69) is 16.3 Å². The van der Waals surface area contributed by atoms with Gasteiger partial charge in [-0.25, -0.2) is 0 Å². The lowest BCUT2D eigenvalue weighted by Gasteiger charge is -2.27. The molecule has 31 heavy (non-hydrogen) atoms. The summed E-state index contributed by atoms with van der Waals surface area (Å²) in [5.41, 5.74) is 1.08. The third kappa shape index (κ3) is 3.92. The van der Waals surface area contributed by atoms with Gasteiger partial charge in [-0.3, -0.25) is 34.1 Å². The molecule has 3 heterocycles. The monoisotopic (exact) mass is 420 g/mol. The van der Waals surface area contributed by atoms with Crippen molar-refractivity contribution >= 4 is 23.6 Å². The number of aryl methyl sites for hydroxylation is 1. The standard InChI is InChI=1S/C22H20N4O5/c1-2-14-12-23-25(13-14)10-3-4-11-31-17-7-5-6-15-19(17)22(30)26(21(15)29)16-8-9-18(27)24-20(16)28/h1,5-7,12-13,16H,3-4,8-11H2,(H,24,27,28). The summed E-state index contributed by atoms with van der Waals surface area (Å²) in [6.45, 7) is 1.03. The number of hydrogen-bond donors (Lipinski definition) is 1. The Labute approximate surface area is 178 Å². The largest absolute Gasteiger partial charge is 0.493 e. The van der Waals surface area contributed by atoms with E-state index in [0.717, 1.165) is 16.9 Å². The van der Waals surface area contributed by atoms with Crippen LogP contribution in [-0.2, 0) is 16.1 Å². The lowest BCUT2D eigenvalue weighted by Crippen LogP contribution is -2.54. The molecule has 158 valence electrons. The van der Waals surface area contributed by atoms with E-state index in [4.69, 9.17) is 11.2 Å². The number of amides is 4. The minimum absolute atomic E-state index is 0.0757. The van der Waals surface area contributed by atoms with E-state index in [-0.39, 0.29) is 24.0 Å². The molecule has 1 atom stereocenters. The Morgan fingerprint density at radius 1 is 1.19 bits per heavy atom. The molecule has 9 nitrogen and oxygen atoms in total. The average Bonchev–Trinajstić information content (AvgIpc) is 3.32. The molecule has 0 bridgehead atoms. The maximum Gasteiger partial charge on any atom is 0.266 e. The van der Waals surface area contributed by atoms with Gasteiger partial charge in [-0.15, -0.1) is 6.42 Å². The first-order chi connectivity index (χ1) is 15.0. The summed E-state index contributed by atoms with van der Waals surface area (Å²) in [7, 11) is 0. The van der Waals surface area contributed by atoms with Crippen LogP contribution in [0.4, 0.5) is 0 Å². The van der Waals surface area contributed by atoms with Crippen LogP contribution < -0.4 is 10.1 Å². The molecule has 2 aromatic rings. The predicted octanol–water partition coefficient (Wildman–Crippen LogP) is 1.12. The van der Waals surface area contributed by atoms with E-state index in [1.54, 1.807) is 29.2 Å². The Balaban J connectivity index is 1.39. The first kappa shape index (κ1) is 20.3. The van der Waals surface area contributed by atoms with E-state index < -0.39 is 29.7 Å². The number of piperidine rings is 1. The molecule has 2 aliphatic rings. The molecule has 1 saturated heterocycles. The van der Waals surface area contributed by atoms with Crippen molar-refractivity contribution in [2.75, 3.05) is 6.61 Å². The maximum absolute atomic E-state index is 13.0. The van der Waals surface area contributed by atoms with Crippen LogP contribution in [-0.4, -0.2) is 51.0 Å². The van der Waals surface area contributed by atoms with E-state index in [1.165, 1.54) is 6.07 Å². The first-order valence-electron chi connectivity index (χ1n) is 9.96. The minimum Gasteiger partial charge on any atom is -0.493 e. The Morgan fingerprint density at radius 3 is 2.77 bits per heavy atom. The quantitative estimate of drug-likeness (QED) is 0.408. The molecule has 0 saturated carbocycles. The Hall–Kier alpha value is -3.93. The molecular formula is C22H20N4O5. The molecule has 1 unspecified atom stereocenters. The Kier molecular flexibility index (Phi) is 5.54. The summed E-state index contributed by atoms with van der Waals surface area (Å²) in [6, 6.07) is 3.80. The Morgan fingerprint density at radius 2 is 2.03 bits per heavy atom. The number of hydrogen-bond acceptors (Lipinski definition) is 6. The average molecular weight is 420 g/mol. The van der Waals surface area contributed by atoms with Crippen LogP contribution in [0.15, 0.2) is 30.6 Å². The van der Waals surface area contributed by atoms with Gasteiger partial charge in [-0.2, -0.15) is 5.10 Å². The number of aromatic nitrogens is 2. The zero-order valence-corrected chi connectivity index (χ0v) is 16.7. The lowest BCUT2D eigenvalue weighted by molar-refractivity contribution is -0.136. The van der Waals surface area contributed by atoms with Gasteiger partial charge in [0.15, 0.2) is 0 Å². The third-order valence-electron chi connectivity index (χ3n) is 5.27. The van der Waals surface area contributed by atoms with Crippen molar-refractivity contribution in [1.29, 1.82) is 0 Å². The molecule has 1 fully saturated rings.